The van der Waals surface area contributed by atoms with E-state index in [-0.39, 0.29) is 11.8 Å². The minimum Gasteiger partial charge on any atom is -0.356 e. The normalized spacial score (nSPS) is 17.9. The van der Waals surface area contributed by atoms with E-state index in [0.717, 1.165) is 69.1 Å². The van der Waals surface area contributed by atoms with E-state index >= 15 is 0 Å². The smallest absolute Gasteiger partial charge is 0.223 e. The lowest BCUT2D eigenvalue weighted by Crippen LogP contribution is -2.41. The molecule has 1 N–H and O–H groups in total. The molecule has 2 aromatic carbocycles. The van der Waals surface area contributed by atoms with E-state index in [4.69, 9.17) is 11.6 Å². The Morgan fingerprint density at radius 3 is 2.46 bits per heavy atom. The number of amides is 1. The second-order valence-corrected chi connectivity index (χ2v) is 10.5. The van der Waals surface area contributed by atoms with Crippen LogP contribution in [0.4, 0.5) is 0 Å². The van der Waals surface area contributed by atoms with Crippen LogP contribution in [0, 0.1) is 5.92 Å². The maximum absolute atomic E-state index is 12.7. The summed E-state index contributed by atoms with van der Waals surface area (Å²) in [5, 5.41) is 5.27. The van der Waals surface area contributed by atoms with Crippen LogP contribution in [-0.4, -0.2) is 59.5 Å². The zero-order valence-electron chi connectivity index (χ0n) is 20.6. The lowest BCUT2D eigenvalue weighted by Gasteiger charge is -2.31. The molecule has 35 heavy (non-hydrogen) atoms. The fraction of sp³-hybridized carbons (Fsp3) is 0.483. The molecule has 2 saturated heterocycles. The van der Waals surface area contributed by atoms with Gasteiger partial charge < -0.3 is 14.8 Å². The zero-order valence-corrected chi connectivity index (χ0v) is 21.3. The highest BCUT2D eigenvalue weighted by Gasteiger charge is 2.25. The number of hydrogen-bond donors (Lipinski definition) is 1. The molecule has 6 heteroatoms. The monoisotopic (exact) mass is 492 g/mol. The largest absolute Gasteiger partial charge is 0.356 e. The predicted molar refractivity (Wildman–Crippen MR) is 144 cm³/mol. The van der Waals surface area contributed by atoms with E-state index < -0.39 is 0 Å². The Morgan fingerprint density at radius 2 is 1.66 bits per heavy atom. The van der Waals surface area contributed by atoms with E-state index in [1.807, 2.05) is 12.1 Å². The molecule has 5 nitrogen and oxygen atoms in total. The van der Waals surface area contributed by atoms with Gasteiger partial charge in [-0.05, 0) is 94.0 Å². The zero-order chi connectivity index (χ0) is 24.0. The van der Waals surface area contributed by atoms with Gasteiger partial charge in [0.2, 0.25) is 5.91 Å². The number of nitrogens with zero attached hydrogens (tertiary/aromatic N) is 3. The van der Waals surface area contributed by atoms with Gasteiger partial charge in [0.1, 0.15) is 0 Å². The molecule has 0 atom stereocenters. The summed E-state index contributed by atoms with van der Waals surface area (Å²) in [5.74, 6) is 0.394. The first-order valence-electron chi connectivity index (χ1n) is 13.2. The van der Waals surface area contributed by atoms with Crippen LogP contribution in [0.25, 0.3) is 10.9 Å². The maximum Gasteiger partial charge on any atom is 0.223 e. The van der Waals surface area contributed by atoms with Crippen molar-refractivity contribution in [3.63, 3.8) is 0 Å². The number of halogens is 1. The Balaban J connectivity index is 1.16. The quantitative estimate of drug-likeness (QED) is 0.419. The summed E-state index contributed by atoms with van der Waals surface area (Å²) >= 11 is 6.50. The van der Waals surface area contributed by atoms with E-state index in [2.05, 4.69) is 62.1 Å². The van der Waals surface area contributed by atoms with Gasteiger partial charge in [-0.15, -0.1) is 0 Å². The van der Waals surface area contributed by atoms with Gasteiger partial charge in [0.15, 0.2) is 0 Å². The Labute approximate surface area is 214 Å². The summed E-state index contributed by atoms with van der Waals surface area (Å²) in [4.78, 5) is 17.7. The van der Waals surface area contributed by atoms with Crippen molar-refractivity contribution in [1.29, 1.82) is 0 Å². The van der Waals surface area contributed by atoms with Gasteiger partial charge in [-0.1, -0.05) is 48.0 Å². The van der Waals surface area contributed by atoms with Gasteiger partial charge in [0.05, 0.1) is 0 Å². The fourth-order valence-corrected chi connectivity index (χ4v) is 5.82. The van der Waals surface area contributed by atoms with Crippen molar-refractivity contribution in [3.05, 3.63) is 70.9 Å². The highest BCUT2D eigenvalue weighted by Crippen LogP contribution is 2.26. The van der Waals surface area contributed by atoms with Crippen LogP contribution in [0.3, 0.4) is 0 Å². The summed E-state index contributed by atoms with van der Waals surface area (Å²) in [6.07, 6.45) is 5.57. The topological polar surface area (TPSA) is 40.5 Å². The van der Waals surface area contributed by atoms with Crippen LogP contribution in [0.2, 0.25) is 5.02 Å². The molecule has 1 amide bonds. The number of nitrogens with one attached hydrogen (secondary N) is 1. The summed E-state index contributed by atoms with van der Waals surface area (Å²) in [6.45, 7) is 7.94. The van der Waals surface area contributed by atoms with Crippen LogP contribution in [0.5, 0.6) is 0 Å². The van der Waals surface area contributed by atoms with Gasteiger partial charge in [0.25, 0.3) is 0 Å². The third-order valence-corrected chi connectivity index (χ3v) is 8.04. The van der Waals surface area contributed by atoms with Crippen molar-refractivity contribution in [2.24, 2.45) is 5.92 Å². The Hall–Kier alpha value is -2.34. The summed E-state index contributed by atoms with van der Waals surface area (Å²) in [7, 11) is 0. The van der Waals surface area contributed by atoms with Crippen LogP contribution in [-0.2, 0) is 17.9 Å². The van der Waals surface area contributed by atoms with Crippen molar-refractivity contribution < 1.29 is 4.79 Å². The summed E-state index contributed by atoms with van der Waals surface area (Å²) in [5.41, 5.74) is 3.68. The molecule has 3 aromatic rings. The first kappa shape index (κ1) is 24.4. The molecular weight excluding hydrogens is 456 g/mol. The number of aromatic nitrogens is 1. The molecule has 2 aliphatic heterocycles. The lowest BCUT2D eigenvalue weighted by atomic mass is 9.95. The number of hydrogen-bond acceptors (Lipinski definition) is 3. The van der Waals surface area contributed by atoms with Gasteiger partial charge in [-0.25, -0.2) is 0 Å². The molecule has 0 spiro atoms. The number of piperidine rings is 1. The number of rotatable bonds is 9. The van der Waals surface area contributed by atoms with Crippen molar-refractivity contribution in [2.45, 2.75) is 45.2 Å². The molecular formula is C29H37ClN4O. The molecule has 0 unspecified atom stereocenters. The summed E-state index contributed by atoms with van der Waals surface area (Å²) in [6, 6.07) is 19.0. The number of likely N-dealkylation sites (tertiary alicyclic amines) is 2. The predicted octanol–water partition coefficient (Wildman–Crippen LogP) is 5.16. The minimum atomic E-state index is 0.145. The molecule has 5 rings (SSSR count). The lowest BCUT2D eigenvalue weighted by molar-refractivity contribution is -0.126. The standard InChI is InChI=1S/C29H37ClN4O/c30-27-10-3-1-9-25(27)21-34-26(20-24-8-2-4-11-28(24)34)22-33-18-12-23(13-19-33)29(35)31-14-7-17-32-15-5-6-16-32/h1-4,8-11,20,23H,5-7,12-19,21-22H2,(H,31,35). The molecule has 0 bridgehead atoms. The van der Waals surface area contributed by atoms with Crippen LogP contribution < -0.4 is 5.32 Å². The Bertz CT molecular complexity index is 1130. The second kappa shape index (κ2) is 11.6. The van der Waals surface area contributed by atoms with Gasteiger partial charge in [-0.2, -0.15) is 0 Å². The van der Waals surface area contributed by atoms with Crippen LogP contribution >= 0.6 is 11.6 Å². The average molecular weight is 493 g/mol. The number of carbonyl (C=O) groups is 1. The summed E-state index contributed by atoms with van der Waals surface area (Å²) < 4.78 is 2.40. The van der Waals surface area contributed by atoms with Crippen molar-refractivity contribution in [1.82, 2.24) is 19.7 Å². The average Bonchev–Trinajstić information content (AvgIpc) is 3.52. The highest BCUT2D eigenvalue weighted by molar-refractivity contribution is 6.31. The van der Waals surface area contributed by atoms with Crippen molar-refractivity contribution in [3.8, 4) is 0 Å². The van der Waals surface area contributed by atoms with E-state index in [1.54, 1.807) is 0 Å². The second-order valence-electron chi connectivity index (χ2n) is 10.1. The molecule has 1 aromatic heterocycles. The molecule has 0 radical (unpaired) electrons. The Morgan fingerprint density at radius 1 is 0.914 bits per heavy atom. The van der Waals surface area contributed by atoms with Crippen LogP contribution in [0.15, 0.2) is 54.6 Å². The number of para-hydroxylation sites is 1. The fourth-order valence-electron chi connectivity index (χ4n) is 5.63. The first-order valence-corrected chi connectivity index (χ1v) is 13.6. The third-order valence-electron chi connectivity index (χ3n) is 7.68. The minimum absolute atomic E-state index is 0.145. The third kappa shape index (κ3) is 6.08. The first-order chi connectivity index (χ1) is 17.2. The van der Waals surface area contributed by atoms with Crippen LogP contribution in [0.1, 0.15) is 43.4 Å². The van der Waals surface area contributed by atoms with Crippen molar-refractivity contribution >= 4 is 28.4 Å². The molecule has 186 valence electrons. The molecule has 0 saturated carbocycles. The van der Waals surface area contributed by atoms with E-state index in [0.29, 0.717) is 0 Å². The molecule has 0 aliphatic carbocycles. The molecule has 2 aliphatic rings. The van der Waals surface area contributed by atoms with Crippen molar-refractivity contribution in [2.75, 3.05) is 39.3 Å². The maximum atomic E-state index is 12.7. The van der Waals surface area contributed by atoms with Gasteiger partial charge >= 0.3 is 0 Å². The highest BCUT2D eigenvalue weighted by atomic mass is 35.5. The SMILES string of the molecule is O=C(NCCCN1CCCC1)C1CCN(Cc2cc3ccccc3n2Cc2ccccc2Cl)CC1. The Kier molecular flexibility index (Phi) is 8.07. The van der Waals surface area contributed by atoms with E-state index in [9.17, 15) is 4.79 Å². The van der Waals surface area contributed by atoms with Gasteiger partial charge in [0, 0.05) is 41.8 Å². The number of carbonyl (C=O) groups excluding carboxylic acids is 1. The molecule has 3 heterocycles. The molecule has 2 fully saturated rings. The number of benzene rings is 2. The van der Waals surface area contributed by atoms with E-state index in [1.165, 1.54) is 42.5 Å². The number of fused-ring (bicyclic) bond motifs is 1. The van der Waals surface area contributed by atoms with Gasteiger partial charge in [-0.3, -0.25) is 9.69 Å².